The van der Waals surface area contributed by atoms with Gasteiger partial charge in [0.25, 0.3) is 0 Å². The minimum Gasteiger partial charge on any atom is -0.456 e. The summed E-state index contributed by atoms with van der Waals surface area (Å²) in [6, 6.07) is 0. The quantitative estimate of drug-likeness (QED) is 0.233. The summed E-state index contributed by atoms with van der Waals surface area (Å²) >= 11 is 0. The van der Waals surface area contributed by atoms with Crippen LogP contribution in [0.1, 0.15) is 59.3 Å². The van der Waals surface area contributed by atoms with Crippen molar-refractivity contribution in [2.24, 2.45) is 29.4 Å². The van der Waals surface area contributed by atoms with Gasteiger partial charge in [0.05, 0.1) is 43.1 Å². The first-order valence-electron chi connectivity index (χ1n) is 13.7. The first-order chi connectivity index (χ1) is 17.6. The van der Waals surface area contributed by atoms with Gasteiger partial charge in [-0.3, -0.25) is 4.79 Å². The van der Waals surface area contributed by atoms with Crippen LogP contribution >= 0.6 is 0 Å². The SMILES string of the molecule is CC=C(C)C(=O)OC1CC2C(CC3OC(CO)CC(=O)C3C2O)OC1(C)C(CO)CC1CCC(N)NC1. The summed E-state index contributed by atoms with van der Waals surface area (Å²) in [4.78, 5) is 25.7. The van der Waals surface area contributed by atoms with Gasteiger partial charge in [-0.25, -0.2) is 4.79 Å². The number of nitrogens with two attached hydrogens (primary N) is 1. The number of hydrogen-bond donors (Lipinski definition) is 5. The van der Waals surface area contributed by atoms with Crippen molar-refractivity contribution in [2.45, 2.75) is 102 Å². The molecule has 0 radical (unpaired) electrons. The number of ketones is 1. The second-order valence-electron chi connectivity index (χ2n) is 11.6. The summed E-state index contributed by atoms with van der Waals surface area (Å²) < 4.78 is 18.7. The standard InChI is InChI=1S/C27H44N2O8/c1-4-14(2)26(34)36-22-9-18-20(10-21-24(25(18)33)19(32)8-17(13-31)35-21)37-27(22,3)16(12-30)7-15-5-6-23(28)29-11-15/h4,15-18,20-25,29-31,33H,5-13,28H2,1-3H3. The zero-order valence-electron chi connectivity index (χ0n) is 22.2. The normalized spacial score (nSPS) is 43.5. The van der Waals surface area contributed by atoms with Crippen molar-refractivity contribution < 1.29 is 39.1 Å². The van der Waals surface area contributed by atoms with Gasteiger partial charge in [-0.05, 0) is 58.9 Å². The number of esters is 1. The van der Waals surface area contributed by atoms with E-state index in [9.17, 15) is 24.9 Å². The van der Waals surface area contributed by atoms with E-state index in [4.69, 9.17) is 19.9 Å². The lowest BCUT2D eigenvalue weighted by Gasteiger charge is -2.56. The van der Waals surface area contributed by atoms with Gasteiger partial charge in [0.2, 0.25) is 0 Å². The third kappa shape index (κ3) is 5.80. The maximum absolute atomic E-state index is 12.9. The lowest BCUT2D eigenvalue weighted by Crippen LogP contribution is -2.66. The second-order valence-corrected chi connectivity index (χ2v) is 11.6. The first-order valence-corrected chi connectivity index (χ1v) is 13.7. The predicted molar refractivity (Wildman–Crippen MR) is 134 cm³/mol. The Balaban J connectivity index is 1.60. The van der Waals surface area contributed by atoms with Crippen LogP contribution in [0, 0.1) is 23.7 Å². The van der Waals surface area contributed by atoms with Crippen LogP contribution in [0.4, 0.5) is 0 Å². The molecule has 0 aromatic carbocycles. The molecule has 3 saturated heterocycles. The van der Waals surface area contributed by atoms with E-state index in [-0.39, 0.29) is 43.4 Å². The second kappa shape index (κ2) is 11.8. The number of rotatable bonds is 7. The molecule has 0 aromatic rings. The van der Waals surface area contributed by atoms with Gasteiger partial charge < -0.3 is 40.6 Å². The van der Waals surface area contributed by atoms with Crippen LogP contribution in [0.2, 0.25) is 0 Å². The highest BCUT2D eigenvalue weighted by molar-refractivity contribution is 5.87. The molecule has 11 atom stereocenters. The van der Waals surface area contributed by atoms with E-state index in [0.29, 0.717) is 24.8 Å². The van der Waals surface area contributed by atoms with E-state index in [1.165, 1.54) is 0 Å². The molecule has 3 heterocycles. The van der Waals surface area contributed by atoms with E-state index >= 15 is 0 Å². The molecule has 10 nitrogen and oxygen atoms in total. The molecule has 0 aromatic heterocycles. The minimum absolute atomic E-state index is 0.0266. The van der Waals surface area contributed by atoms with Crippen molar-refractivity contribution in [2.75, 3.05) is 19.8 Å². The molecule has 0 bridgehead atoms. The molecule has 0 amide bonds. The molecular formula is C27H44N2O8. The number of allylic oxidation sites excluding steroid dienone is 1. The Kier molecular flexibility index (Phi) is 9.10. The maximum atomic E-state index is 12.9. The number of nitrogens with one attached hydrogen (secondary N) is 1. The molecular weight excluding hydrogens is 480 g/mol. The number of aliphatic hydroxyl groups excluding tert-OH is 3. The molecule has 1 saturated carbocycles. The van der Waals surface area contributed by atoms with Crippen LogP contribution in [0.3, 0.4) is 0 Å². The molecule has 10 heteroatoms. The Labute approximate surface area is 218 Å². The lowest BCUT2D eigenvalue weighted by molar-refractivity contribution is -0.278. The van der Waals surface area contributed by atoms with E-state index in [0.717, 1.165) is 19.4 Å². The average Bonchev–Trinajstić information content (AvgIpc) is 2.88. The zero-order chi connectivity index (χ0) is 26.9. The van der Waals surface area contributed by atoms with Crippen molar-refractivity contribution in [3.05, 3.63) is 11.6 Å². The summed E-state index contributed by atoms with van der Waals surface area (Å²) in [6.07, 6.45) is 1.54. The van der Waals surface area contributed by atoms with Gasteiger partial charge in [0.1, 0.15) is 17.5 Å². The Morgan fingerprint density at radius 2 is 2.05 bits per heavy atom. The van der Waals surface area contributed by atoms with Gasteiger partial charge in [-0.2, -0.15) is 0 Å². The van der Waals surface area contributed by atoms with Crippen LogP contribution in [0.5, 0.6) is 0 Å². The third-order valence-electron chi connectivity index (χ3n) is 9.26. The highest BCUT2D eigenvalue weighted by Crippen LogP contribution is 2.49. The van der Waals surface area contributed by atoms with Crippen molar-refractivity contribution >= 4 is 11.8 Å². The number of ether oxygens (including phenoxy) is 3. The highest BCUT2D eigenvalue weighted by Gasteiger charge is 2.59. The molecule has 3 aliphatic heterocycles. The summed E-state index contributed by atoms with van der Waals surface area (Å²) in [5.41, 5.74) is 5.44. The first kappa shape index (κ1) is 28.6. The molecule has 4 rings (SSSR count). The van der Waals surface area contributed by atoms with Gasteiger partial charge in [-0.15, -0.1) is 0 Å². The van der Waals surface area contributed by atoms with Crippen LogP contribution in [-0.4, -0.2) is 89.1 Å². The van der Waals surface area contributed by atoms with Crippen molar-refractivity contribution in [1.82, 2.24) is 5.32 Å². The van der Waals surface area contributed by atoms with Crippen LogP contribution in [0.25, 0.3) is 0 Å². The Morgan fingerprint density at radius 3 is 2.68 bits per heavy atom. The van der Waals surface area contributed by atoms with E-state index in [1.54, 1.807) is 19.9 Å². The Hall–Kier alpha value is -1.40. The van der Waals surface area contributed by atoms with Crippen molar-refractivity contribution in [3.63, 3.8) is 0 Å². The van der Waals surface area contributed by atoms with Gasteiger partial charge in [0, 0.05) is 36.9 Å². The number of carbonyl (C=O) groups is 2. The molecule has 210 valence electrons. The zero-order valence-corrected chi connectivity index (χ0v) is 22.2. The average molecular weight is 525 g/mol. The molecule has 4 fully saturated rings. The monoisotopic (exact) mass is 524 g/mol. The van der Waals surface area contributed by atoms with Gasteiger partial charge >= 0.3 is 5.97 Å². The molecule has 0 spiro atoms. The molecule has 4 aliphatic rings. The molecule has 37 heavy (non-hydrogen) atoms. The summed E-state index contributed by atoms with van der Waals surface area (Å²) in [5, 5.41) is 34.7. The Morgan fingerprint density at radius 1 is 1.30 bits per heavy atom. The summed E-state index contributed by atoms with van der Waals surface area (Å²) in [5.74, 6) is -1.75. The maximum Gasteiger partial charge on any atom is 0.333 e. The number of Topliss-reactive ketones (excluding diaryl/α,β-unsaturated/α-hetero) is 1. The van der Waals surface area contributed by atoms with Gasteiger partial charge in [0.15, 0.2) is 0 Å². The van der Waals surface area contributed by atoms with Gasteiger partial charge in [-0.1, -0.05) is 6.08 Å². The number of fused-ring (bicyclic) bond motifs is 2. The fourth-order valence-corrected chi connectivity index (χ4v) is 6.76. The highest BCUT2D eigenvalue weighted by atomic mass is 16.6. The predicted octanol–water partition coefficient (Wildman–Crippen LogP) is 0.411. The topological polar surface area (TPSA) is 161 Å². The van der Waals surface area contributed by atoms with Crippen LogP contribution in [-0.2, 0) is 23.8 Å². The smallest absolute Gasteiger partial charge is 0.333 e. The molecule has 11 unspecified atom stereocenters. The molecule has 1 aliphatic carbocycles. The van der Waals surface area contributed by atoms with Crippen LogP contribution in [0.15, 0.2) is 11.6 Å². The molecule has 6 N–H and O–H groups in total. The van der Waals surface area contributed by atoms with Crippen molar-refractivity contribution in [3.8, 4) is 0 Å². The Bertz CT molecular complexity index is 859. The number of carbonyl (C=O) groups excluding carboxylic acids is 2. The van der Waals surface area contributed by atoms with E-state index in [2.05, 4.69) is 5.32 Å². The fraction of sp³-hybridized carbons (Fsp3) is 0.852. The van der Waals surface area contributed by atoms with E-state index < -0.39 is 53.9 Å². The fourth-order valence-electron chi connectivity index (χ4n) is 6.76. The lowest BCUT2D eigenvalue weighted by atomic mass is 9.65. The third-order valence-corrected chi connectivity index (χ3v) is 9.26. The van der Waals surface area contributed by atoms with E-state index in [1.807, 2.05) is 6.92 Å². The van der Waals surface area contributed by atoms with Crippen molar-refractivity contribution in [1.29, 1.82) is 0 Å². The largest absolute Gasteiger partial charge is 0.456 e. The summed E-state index contributed by atoms with van der Waals surface area (Å²) in [7, 11) is 0. The number of piperidine rings is 1. The number of aliphatic hydroxyl groups is 3. The van der Waals surface area contributed by atoms with Crippen LogP contribution < -0.4 is 11.1 Å². The minimum atomic E-state index is -1.01. The summed E-state index contributed by atoms with van der Waals surface area (Å²) in [6.45, 7) is 5.66. The number of hydrogen-bond acceptors (Lipinski definition) is 10.